The van der Waals surface area contributed by atoms with Gasteiger partial charge in [-0.2, -0.15) is 0 Å². The summed E-state index contributed by atoms with van der Waals surface area (Å²) in [6.07, 6.45) is 0. The predicted octanol–water partition coefficient (Wildman–Crippen LogP) is 4.52. The Hall–Kier alpha value is -3.04. The van der Waals surface area contributed by atoms with Gasteiger partial charge >= 0.3 is 0 Å². The fourth-order valence-corrected chi connectivity index (χ4v) is 4.54. The molecule has 0 bridgehead atoms. The second-order valence-electron chi connectivity index (χ2n) is 6.29. The molecule has 0 atom stereocenters. The lowest BCUT2D eigenvalue weighted by Crippen LogP contribution is -2.15. The highest BCUT2D eigenvalue weighted by Gasteiger charge is 2.19. The van der Waals surface area contributed by atoms with Gasteiger partial charge in [-0.3, -0.25) is 9.52 Å². The number of ether oxygens (including phenoxy) is 2. The van der Waals surface area contributed by atoms with Gasteiger partial charge in [0, 0.05) is 10.6 Å². The number of aryl methyl sites for hydroxylation is 1. The molecule has 9 heteroatoms. The maximum atomic E-state index is 12.8. The largest absolute Gasteiger partial charge is 0.495 e. The van der Waals surface area contributed by atoms with E-state index in [0.717, 1.165) is 4.88 Å². The molecule has 7 nitrogen and oxygen atoms in total. The minimum atomic E-state index is -3.88. The molecule has 0 unspecified atom stereocenters. The van der Waals surface area contributed by atoms with E-state index < -0.39 is 10.0 Å². The maximum Gasteiger partial charge on any atom is 0.265 e. The van der Waals surface area contributed by atoms with E-state index >= 15 is 0 Å². The molecule has 0 aliphatic heterocycles. The van der Waals surface area contributed by atoms with Gasteiger partial charge in [0.1, 0.15) is 11.5 Å². The number of carbonyl (C=O) groups excluding carboxylic acids is 1. The number of amides is 1. The zero-order chi connectivity index (χ0) is 21.7. The first-order valence-corrected chi connectivity index (χ1v) is 11.4. The van der Waals surface area contributed by atoms with E-state index in [-0.39, 0.29) is 16.5 Å². The Bertz CT molecular complexity index is 1140. The predicted molar refractivity (Wildman–Crippen MR) is 118 cm³/mol. The molecule has 3 rings (SSSR count). The lowest BCUT2D eigenvalue weighted by molar-refractivity contribution is 0.103. The van der Waals surface area contributed by atoms with Crippen molar-refractivity contribution in [3.05, 3.63) is 64.4 Å². The fourth-order valence-electron chi connectivity index (χ4n) is 2.69. The zero-order valence-corrected chi connectivity index (χ0v) is 18.4. The van der Waals surface area contributed by atoms with Crippen molar-refractivity contribution < 1.29 is 22.7 Å². The van der Waals surface area contributed by atoms with Crippen molar-refractivity contribution in [1.29, 1.82) is 0 Å². The molecule has 158 valence electrons. The van der Waals surface area contributed by atoms with Crippen LogP contribution in [0.25, 0.3) is 0 Å². The summed E-state index contributed by atoms with van der Waals surface area (Å²) in [7, 11) is -2.43. The van der Waals surface area contributed by atoms with Gasteiger partial charge in [0.25, 0.3) is 15.9 Å². The Morgan fingerprint density at radius 1 is 1.07 bits per heavy atom. The molecule has 2 N–H and O–H groups in total. The van der Waals surface area contributed by atoms with Crippen molar-refractivity contribution >= 4 is 38.6 Å². The Labute approximate surface area is 179 Å². The summed E-state index contributed by atoms with van der Waals surface area (Å²) in [4.78, 5) is 14.0. The average molecular weight is 447 g/mol. The highest BCUT2D eigenvalue weighted by molar-refractivity contribution is 7.92. The normalized spacial score (nSPS) is 11.0. The van der Waals surface area contributed by atoms with E-state index in [1.54, 1.807) is 30.3 Å². The van der Waals surface area contributed by atoms with Gasteiger partial charge in [0.05, 0.1) is 29.2 Å². The number of anilines is 2. The monoisotopic (exact) mass is 446 g/mol. The third kappa shape index (κ3) is 5.11. The molecule has 0 radical (unpaired) electrons. The quantitative estimate of drug-likeness (QED) is 0.531. The number of hydrogen-bond acceptors (Lipinski definition) is 6. The topological polar surface area (TPSA) is 93.7 Å². The SMILES string of the molecule is CCOc1ccc(NS(=O)(=O)c2ccc(OC)c(NC(=O)c3ccc(C)s3)c2)cc1. The Morgan fingerprint density at radius 3 is 2.40 bits per heavy atom. The number of nitrogens with one attached hydrogen (secondary N) is 2. The number of carbonyl (C=O) groups is 1. The van der Waals surface area contributed by atoms with Gasteiger partial charge in [-0.1, -0.05) is 0 Å². The number of rotatable bonds is 8. The van der Waals surface area contributed by atoms with Crippen LogP contribution in [0.3, 0.4) is 0 Å². The number of benzene rings is 2. The van der Waals surface area contributed by atoms with E-state index in [2.05, 4.69) is 10.0 Å². The molecule has 0 aliphatic carbocycles. The number of methoxy groups -OCH3 is 1. The van der Waals surface area contributed by atoms with Crippen LogP contribution in [0.1, 0.15) is 21.5 Å². The van der Waals surface area contributed by atoms with Crippen molar-refractivity contribution in [1.82, 2.24) is 0 Å². The molecule has 0 aliphatic rings. The van der Waals surface area contributed by atoms with Gasteiger partial charge in [-0.15, -0.1) is 11.3 Å². The molecular weight excluding hydrogens is 424 g/mol. The lowest BCUT2D eigenvalue weighted by atomic mass is 10.3. The van der Waals surface area contributed by atoms with Crippen molar-refractivity contribution in [2.75, 3.05) is 23.8 Å². The minimum absolute atomic E-state index is 0.00477. The molecule has 0 spiro atoms. The molecule has 0 saturated carbocycles. The Morgan fingerprint density at radius 2 is 1.80 bits per heavy atom. The molecule has 2 aromatic carbocycles. The first-order chi connectivity index (χ1) is 14.3. The zero-order valence-electron chi connectivity index (χ0n) is 16.8. The molecule has 1 heterocycles. The van der Waals surface area contributed by atoms with Crippen LogP contribution in [0, 0.1) is 6.92 Å². The van der Waals surface area contributed by atoms with Crippen LogP contribution in [-0.4, -0.2) is 28.0 Å². The van der Waals surface area contributed by atoms with Crippen LogP contribution < -0.4 is 19.5 Å². The second kappa shape index (κ2) is 9.19. The molecule has 3 aromatic rings. The van der Waals surface area contributed by atoms with Crippen LogP contribution in [0.5, 0.6) is 11.5 Å². The molecule has 30 heavy (non-hydrogen) atoms. The number of sulfonamides is 1. The second-order valence-corrected chi connectivity index (χ2v) is 9.26. The van der Waals surface area contributed by atoms with Crippen LogP contribution in [0.15, 0.2) is 59.5 Å². The highest BCUT2D eigenvalue weighted by Crippen LogP contribution is 2.30. The Balaban J connectivity index is 1.84. The van der Waals surface area contributed by atoms with Gasteiger partial charge < -0.3 is 14.8 Å². The molecule has 1 aromatic heterocycles. The van der Waals surface area contributed by atoms with Crippen molar-refractivity contribution in [3.8, 4) is 11.5 Å². The summed E-state index contributed by atoms with van der Waals surface area (Å²) in [5.74, 6) is 0.677. The summed E-state index contributed by atoms with van der Waals surface area (Å²) in [5.41, 5.74) is 0.664. The van der Waals surface area contributed by atoms with Crippen LogP contribution in [-0.2, 0) is 10.0 Å². The smallest absolute Gasteiger partial charge is 0.265 e. The minimum Gasteiger partial charge on any atom is -0.495 e. The molecule has 1 amide bonds. The Kier molecular flexibility index (Phi) is 6.63. The van der Waals surface area contributed by atoms with Gasteiger partial charge in [0.15, 0.2) is 0 Å². The van der Waals surface area contributed by atoms with Gasteiger partial charge in [0.2, 0.25) is 0 Å². The summed E-state index contributed by atoms with van der Waals surface area (Å²) in [5, 5.41) is 2.73. The highest BCUT2D eigenvalue weighted by atomic mass is 32.2. The van der Waals surface area contributed by atoms with Crippen LogP contribution in [0.4, 0.5) is 11.4 Å². The van der Waals surface area contributed by atoms with Crippen molar-refractivity contribution in [2.24, 2.45) is 0 Å². The third-order valence-corrected chi connectivity index (χ3v) is 6.49. The maximum absolute atomic E-state index is 12.8. The summed E-state index contributed by atoms with van der Waals surface area (Å²) in [6, 6.07) is 14.5. The fraction of sp³-hybridized carbons (Fsp3) is 0.190. The summed E-state index contributed by atoms with van der Waals surface area (Å²) < 4.78 is 38.8. The van der Waals surface area contributed by atoms with Crippen molar-refractivity contribution in [3.63, 3.8) is 0 Å². The molecule has 0 saturated heterocycles. The van der Waals surface area contributed by atoms with Crippen LogP contribution in [0.2, 0.25) is 0 Å². The van der Waals surface area contributed by atoms with Gasteiger partial charge in [-0.25, -0.2) is 8.42 Å². The first-order valence-electron chi connectivity index (χ1n) is 9.14. The average Bonchev–Trinajstić information content (AvgIpc) is 3.16. The first kappa shape index (κ1) is 21.7. The van der Waals surface area contributed by atoms with Crippen molar-refractivity contribution in [2.45, 2.75) is 18.7 Å². The summed E-state index contributed by atoms with van der Waals surface area (Å²) >= 11 is 1.35. The molecular formula is C21H22N2O5S2. The number of hydrogen-bond donors (Lipinski definition) is 2. The lowest BCUT2D eigenvalue weighted by Gasteiger charge is -2.13. The van der Waals surface area contributed by atoms with E-state index in [9.17, 15) is 13.2 Å². The number of thiophene rings is 1. The molecule has 0 fully saturated rings. The van der Waals surface area contributed by atoms with E-state index in [1.807, 2.05) is 19.9 Å². The van der Waals surface area contributed by atoms with E-state index in [1.165, 1.54) is 36.6 Å². The standard InChI is InChI=1S/C21H22N2O5S2/c1-4-28-16-8-6-15(7-9-16)23-30(25,26)17-10-11-19(27-3)18(13-17)22-21(24)20-12-5-14(2)29-20/h5-13,23H,4H2,1-3H3,(H,22,24). The van der Waals surface area contributed by atoms with E-state index in [4.69, 9.17) is 9.47 Å². The van der Waals surface area contributed by atoms with Crippen LogP contribution >= 0.6 is 11.3 Å². The van der Waals surface area contributed by atoms with E-state index in [0.29, 0.717) is 28.7 Å². The summed E-state index contributed by atoms with van der Waals surface area (Å²) in [6.45, 7) is 4.30. The third-order valence-electron chi connectivity index (χ3n) is 4.11. The van der Waals surface area contributed by atoms with Gasteiger partial charge in [-0.05, 0) is 68.4 Å².